The second-order valence-electron chi connectivity index (χ2n) is 3.59. The van der Waals surface area contributed by atoms with Gasteiger partial charge >= 0.3 is 0 Å². The van der Waals surface area contributed by atoms with Crippen LogP contribution in [-0.2, 0) is 10.0 Å². The number of aromatic nitrogens is 3. The minimum atomic E-state index is -3.38. The molecule has 0 aromatic carbocycles. The summed E-state index contributed by atoms with van der Waals surface area (Å²) >= 11 is 7.35. The van der Waals surface area contributed by atoms with E-state index in [4.69, 9.17) is 16.7 Å². The van der Waals surface area contributed by atoms with Gasteiger partial charge in [0.1, 0.15) is 5.03 Å². The van der Waals surface area contributed by atoms with Crippen LogP contribution in [0.3, 0.4) is 0 Å². The molecule has 0 fully saturated rings. The van der Waals surface area contributed by atoms with Crippen LogP contribution in [0.5, 0.6) is 0 Å². The minimum absolute atomic E-state index is 0.0198. The van der Waals surface area contributed by atoms with E-state index in [1.807, 2.05) is 6.07 Å². The molecule has 0 radical (unpaired) electrons. The van der Waals surface area contributed by atoms with Gasteiger partial charge in [0.2, 0.25) is 10.0 Å². The summed E-state index contributed by atoms with van der Waals surface area (Å²) in [6.45, 7) is 0. The highest BCUT2D eigenvalue weighted by Gasteiger charge is 2.05. The van der Waals surface area contributed by atoms with Crippen LogP contribution in [0.25, 0.3) is 5.65 Å². The molecular weight excluding hydrogens is 296 g/mol. The van der Waals surface area contributed by atoms with E-state index in [9.17, 15) is 8.42 Å². The molecule has 0 atom stereocenters. The minimum Gasteiger partial charge on any atom is -0.234 e. The number of nitrogens with zero attached hydrogens (tertiary/aromatic N) is 3. The highest BCUT2D eigenvalue weighted by molar-refractivity contribution is 7.99. The Morgan fingerprint density at radius 3 is 2.94 bits per heavy atom. The van der Waals surface area contributed by atoms with Crippen molar-refractivity contribution >= 4 is 39.0 Å². The van der Waals surface area contributed by atoms with Crippen LogP contribution < -0.4 is 5.14 Å². The summed E-state index contributed by atoms with van der Waals surface area (Å²) in [4.78, 5) is 4.05. The predicted molar refractivity (Wildman–Crippen MR) is 71.3 cm³/mol. The molecule has 0 spiro atoms. The number of hydrogen-bond donors (Lipinski definition) is 1. The zero-order chi connectivity index (χ0) is 13.2. The molecule has 0 amide bonds. The first-order chi connectivity index (χ1) is 8.46. The van der Waals surface area contributed by atoms with E-state index >= 15 is 0 Å². The van der Waals surface area contributed by atoms with E-state index in [1.165, 1.54) is 22.5 Å². The lowest BCUT2D eigenvalue weighted by Gasteiger charge is -2.01. The predicted octanol–water partition coefficient (Wildman–Crippen LogP) is 1.15. The molecule has 2 N–H and O–H groups in total. The van der Waals surface area contributed by atoms with Crippen LogP contribution in [0.2, 0.25) is 5.15 Å². The van der Waals surface area contributed by atoms with Gasteiger partial charge in [0.05, 0.1) is 11.9 Å². The van der Waals surface area contributed by atoms with Gasteiger partial charge in [0, 0.05) is 5.75 Å². The third-order valence-electron chi connectivity index (χ3n) is 2.12. The molecule has 18 heavy (non-hydrogen) atoms. The highest BCUT2D eigenvalue weighted by Crippen LogP contribution is 2.18. The standard InChI is InChI=1S/C9H11ClN4O2S2/c10-7-6-12-8-2-3-9(13-14(7)8)17-4-1-5-18(11,15)16/h2-3,6H,1,4-5H2,(H2,11,15,16). The molecule has 2 aromatic rings. The average molecular weight is 307 g/mol. The smallest absolute Gasteiger partial charge is 0.209 e. The van der Waals surface area contributed by atoms with Crippen molar-refractivity contribution in [2.45, 2.75) is 11.4 Å². The summed E-state index contributed by atoms with van der Waals surface area (Å²) < 4.78 is 23.0. The maximum atomic E-state index is 10.8. The normalized spacial score (nSPS) is 12.1. The van der Waals surface area contributed by atoms with E-state index in [0.29, 0.717) is 23.0 Å². The largest absolute Gasteiger partial charge is 0.234 e. The summed E-state index contributed by atoms with van der Waals surface area (Å²) in [7, 11) is -3.38. The Labute approximate surface area is 114 Å². The summed E-state index contributed by atoms with van der Waals surface area (Å²) in [6.07, 6.45) is 2.01. The Morgan fingerprint density at radius 1 is 1.44 bits per heavy atom. The van der Waals surface area contributed by atoms with Crippen molar-refractivity contribution in [1.82, 2.24) is 14.6 Å². The molecule has 9 heteroatoms. The Kier molecular flexibility index (Phi) is 4.10. The number of halogens is 1. The van der Waals surface area contributed by atoms with Crippen molar-refractivity contribution in [3.63, 3.8) is 0 Å². The second-order valence-corrected chi connectivity index (χ2v) is 6.83. The van der Waals surface area contributed by atoms with Gasteiger partial charge in [-0.3, -0.25) is 0 Å². The Balaban J connectivity index is 1.97. The van der Waals surface area contributed by atoms with Crippen LogP contribution in [0.15, 0.2) is 23.4 Å². The van der Waals surface area contributed by atoms with Crippen molar-refractivity contribution in [2.24, 2.45) is 5.14 Å². The SMILES string of the molecule is NS(=O)(=O)CCCSc1ccc2ncc(Cl)n2n1. The van der Waals surface area contributed by atoms with Crippen molar-refractivity contribution in [3.8, 4) is 0 Å². The van der Waals surface area contributed by atoms with Crippen molar-refractivity contribution in [1.29, 1.82) is 0 Å². The fraction of sp³-hybridized carbons (Fsp3) is 0.333. The monoisotopic (exact) mass is 306 g/mol. The Hall–Kier alpha value is -0.830. The first-order valence-electron chi connectivity index (χ1n) is 5.09. The van der Waals surface area contributed by atoms with Gasteiger partial charge in [-0.05, 0) is 18.6 Å². The molecule has 2 aromatic heterocycles. The quantitative estimate of drug-likeness (QED) is 0.661. The molecular formula is C9H11ClN4O2S2. The van der Waals surface area contributed by atoms with Crippen molar-refractivity contribution in [2.75, 3.05) is 11.5 Å². The van der Waals surface area contributed by atoms with Crippen LogP contribution in [-0.4, -0.2) is 34.5 Å². The summed E-state index contributed by atoms with van der Waals surface area (Å²) in [5, 5.41) is 10.4. The number of nitrogens with two attached hydrogens (primary N) is 1. The lowest BCUT2D eigenvalue weighted by Crippen LogP contribution is -2.16. The average Bonchev–Trinajstić information content (AvgIpc) is 2.65. The van der Waals surface area contributed by atoms with Gasteiger partial charge in [0.15, 0.2) is 10.8 Å². The third-order valence-corrected chi connectivity index (χ3v) is 4.24. The Bertz CT molecular complexity index is 656. The van der Waals surface area contributed by atoms with Gasteiger partial charge in [-0.2, -0.15) is 5.10 Å². The number of thioether (sulfide) groups is 1. The maximum Gasteiger partial charge on any atom is 0.209 e. The van der Waals surface area contributed by atoms with Gasteiger partial charge in [-0.25, -0.2) is 23.1 Å². The van der Waals surface area contributed by atoms with Gasteiger partial charge in [-0.1, -0.05) is 11.6 Å². The molecule has 0 saturated heterocycles. The molecule has 0 aliphatic carbocycles. The maximum absolute atomic E-state index is 10.8. The number of primary sulfonamides is 1. The lowest BCUT2D eigenvalue weighted by atomic mass is 10.6. The van der Waals surface area contributed by atoms with Gasteiger partial charge < -0.3 is 0 Å². The van der Waals surface area contributed by atoms with Crippen molar-refractivity contribution < 1.29 is 8.42 Å². The third kappa shape index (κ3) is 3.58. The number of rotatable bonds is 5. The topological polar surface area (TPSA) is 90.4 Å². The van der Waals surface area contributed by atoms with E-state index in [1.54, 1.807) is 6.07 Å². The van der Waals surface area contributed by atoms with Gasteiger partial charge in [0.25, 0.3) is 0 Å². The van der Waals surface area contributed by atoms with Crippen LogP contribution in [0.1, 0.15) is 6.42 Å². The molecule has 0 aliphatic heterocycles. The van der Waals surface area contributed by atoms with Crippen LogP contribution in [0.4, 0.5) is 0 Å². The molecule has 0 saturated carbocycles. The number of fused-ring (bicyclic) bond motifs is 1. The molecule has 6 nitrogen and oxygen atoms in total. The highest BCUT2D eigenvalue weighted by atomic mass is 35.5. The fourth-order valence-electron chi connectivity index (χ4n) is 1.34. The van der Waals surface area contributed by atoms with E-state index in [2.05, 4.69) is 10.1 Å². The van der Waals surface area contributed by atoms with Crippen LogP contribution >= 0.6 is 23.4 Å². The van der Waals surface area contributed by atoms with Crippen LogP contribution in [0, 0.1) is 0 Å². The zero-order valence-electron chi connectivity index (χ0n) is 9.28. The van der Waals surface area contributed by atoms with Gasteiger partial charge in [-0.15, -0.1) is 11.8 Å². The second kappa shape index (κ2) is 5.43. The molecule has 0 unspecified atom stereocenters. The molecule has 0 aliphatic rings. The summed E-state index contributed by atoms with van der Waals surface area (Å²) in [6, 6.07) is 3.63. The zero-order valence-corrected chi connectivity index (χ0v) is 11.7. The Morgan fingerprint density at radius 2 is 2.22 bits per heavy atom. The summed E-state index contributed by atoms with van der Waals surface area (Å²) in [5.41, 5.74) is 0.675. The molecule has 2 heterocycles. The van der Waals surface area contributed by atoms with Crippen molar-refractivity contribution in [3.05, 3.63) is 23.5 Å². The number of sulfonamides is 1. The van der Waals surface area contributed by atoms with E-state index in [-0.39, 0.29) is 5.75 Å². The summed E-state index contributed by atoms with van der Waals surface area (Å²) in [5.74, 6) is 0.606. The van der Waals surface area contributed by atoms with E-state index in [0.717, 1.165) is 5.03 Å². The molecule has 2 rings (SSSR count). The molecule has 98 valence electrons. The fourth-order valence-corrected chi connectivity index (χ4v) is 3.05. The molecule has 0 bridgehead atoms. The first kappa shape index (κ1) is 13.6. The first-order valence-corrected chi connectivity index (χ1v) is 8.17. The van der Waals surface area contributed by atoms with E-state index < -0.39 is 10.0 Å². The number of hydrogen-bond acceptors (Lipinski definition) is 5. The lowest BCUT2D eigenvalue weighted by molar-refractivity contribution is 0.596. The number of imidazole rings is 1.